The van der Waals surface area contributed by atoms with Crippen LogP contribution in [0.3, 0.4) is 0 Å². The van der Waals surface area contributed by atoms with E-state index in [0.29, 0.717) is 17.9 Å². The molecule has 0 unspecified atom stereocenters. The van der Waals surface area contributed by atoms with Gasteiger partial charge in [-0.1, -0.05) is 6.07 Å². The molecule has 1 aliphatic rings. The topological polar surface area (TPSA) is 51.2 Å². The van der Waals surface area contributed by atoms with Crippen LogP contribution in [0.2, 0.25) is 0 Å². The van der Waals surface area contributed by atoms with E-state index in [1.54, 1.807) is 7.11 Å². The Bertz CT molecular complexity index is 542. The first-order valence-electron chi connectivity index (χ1n) is 8.88. The minimum atomic E-state index is -0.363. The zero-order chi connectivity index (χ0) is 18.1. The summed E-state index contributed by atoms with van der Waals surface area (Å²) >= 11 is 0. The molecule has 1 aromatic carbocycles. The number of carbonyl (C=O) groups excluding carboxylic acids is 1. The highest BCUT2D eigenvalue weighted by molar-refractivity contribution is 5.92. The van der Waals surface area contributed by atoms with Gasteiger partial charge in [-0.15, -0.1) is 0 Å². The first kappa shape index (κ1) is 19.7. The number of hydrogen-bond acceptors (Lipinski definition) is 6. The lowest BCUT2D eigenvalue weighted by molar-refractivity contribution is 0.0595. The number of nitrogens with zero attached hydrogens (tertiary/aromatic N) is 2. The molecule has 0 aromatic heterocycles. The van der Waals surface area contributed by atoms with Crippen molar-refractivity contribution in [1.82, 2.24) is 9.80 Å². The molecule has 0 atom stereocenters. The van der Waals surface area contributed by atoms with Crippen molar-refractivity contribution in [3.63, 3.8) is 0 Å². The van der Waals surface area contributed by atoms with Gasteiger partial charge in [0.05, 0.1) is 13.7 Å². The van der Waals surface area contributed by atoms with Crippen molar-refractivity contribution in [1.29, 1.82) is 0 Å². The third kappa shape index (κ3) is 6.30. The highest BCUT2D eigenvalue weighted by atomic mass is 16.5. The lowest BCUT2D eigenvalue weighted by Gasteiger charge is -2.32. The van der Waals surface area contributed by atoms with E-state index >= 15 is 0 Å². The summed E-state index contributed by atoms with van der Waals surface area (Å²) in [6.45, 7) is 6.44. The number of methoxy groups -OCH3 is 2. The molecule has 1 aliphatic heterocycles. The number of rotatable bonds is 9. The second-order valence-corrected chi connectivity index (χ2v) is 6.45. The molecule has 0 saturated carbocycles. The van der Waals surface area contributed by atoms with Gasteiger partial charge in [-0.05, 0) is 37.6 Å². The molecule has 0 amide bonds. The standard InChI is InChI=1S/C19H30N2O4/c1-20-8-10-21(11-9-20)15-16-6-7-17(19(22)24-3)18(14-16)25-13-5-4-12-23-2/h6-7,14H,4-5,8-13,15H2,1-3H3. The van der Waals surface area contributed by atoms with E-state index in [1.807, 2.05) is 18.2 Å². The van der Waals surface area contributed by atoms with Crippen molar-refractivity contribution >= 4 is 5.97 Å². The Hall–Kier alpha value is -1.63. The third-order valence-corrected chi connectivity index (χ3v) is 4.45. The highest BCUT2D eigenvalue weighted by Gasteiger charge is 2.17. The van der Waals surface area contributed by atoms with Crippen LogP contribution in [-0.4, -0.2) is 76.4 Å². The number of piperazine rings is 1. The van der Waals surface area contributed by atoms with Gasteiger partial charge < -0.3 is 19.1 Å². The Morgan fingerprint density at radius 3 is 2.48 bits per heavy atom. The number of unbranched alkanes of at least 4 members (excludes halogenated alkanes) is 1. The zero-order valence-electron chi connectivity index (χ0n) is 15.6. The molecule has 1 saturated heterocycles. The van der Waals surface area contributed by atoms with E-state index in [0.717, 1.165) is 57.7 Å². The van der Waals surface area contributed by atoms with Gasteiger partial charge in [0.25, 0.3) is 0 Å². The lowest BCUT2D eigenvalue weighted by atomic mass is 10.1. The molecule has 6 nitrogen and oxygen atoms in total. The Morgan fingerprint density at radius 1 is 1.08 bits per heavy atom. The summed E-state index contributed by atoms with van der Waals surface area (Å²) in [7, 11) is 5.24. The Balaban J connectivity index is 2.00. The SMILES string of the molecule is COCCCCOc1cc(CN2CCN(C)CC2)ccc1C(=O)OC. The zero-order valence-corrected chi connectivity index (χ0v) is 15.6. The molecule has 6 heteroatoms. The fourth-order valence-corrected chi connectivity index (χ4v) is 2.86. The van der Waals surface area contributed by atoms with Gasteiger partial charge in [-0.3, -0.25) is 4.90 Å². The normalized spacial score (nSPS) is 16.0. The maximum absolute atomic E-state index is 12.0. The minimum absolute atomic E-state index is 0.363. The molecule has 0 bridgehead atoms. The van der Waals surface area contributed by atoms with Crippen molar-refractivity contribution in [2.45, 2.75) is 19.4 Å². The van der Waals surface area contributed by atoms with Gasteiger partial charge in [-0.25, -0.2) is 4.79 Å². The summed E-state index contributed by atoms with van der Waals surface area (Å²) in [5.41, 5.74) is 1.64. The van der Waals surface area contributed by atoms with E-state index < -0.39 is 0 Å². The molecule has 25 heavy (non-hydrogen) atoms. The second kappa shape index (κ2) is 10.4. The average molecular weight is 350 g/mol. The molecule has 140 valence electrons. The van der Waals surface area contributed by atoms with Crippen molar-refractivity contribution < 1.29 is 19.0 Å². The van der Waals surface area contributed by atoms with Crippen molar-refractivity contribution in [2.75, 3.05) is 60.7 Å². The third-order valence-electron chi connectivity index (χ3n) is 4.45. The van der Waals surface area contributed by atoms with Crippen molar-refractivity contribution in [3.8, 4) is 5.75 Å². The predicted octanol–water partition coefficient (Wildman–Crippen LogP) is 2.03. The van der Waals surface area contributed by atoms with Crippen LogP contribution in [0, 0.1) is 0 Å². The van der Waals surface area contributed by atoms with Gasteiger partial charge in [0, 0.05) is 46.4 Å². The molecule has 2 rings (SSSR count). The molecule has 0 spiro atoms. The highest BCUT2D eigenvalue weighted by Crippen LogP contribution is 2.23. The number of carbonyl (C=O) groups is 1. The first-order valence-corrected chi connectivity index (χ1v) is 8.88. The monoisotopic (exact) mass is 350 g/mol. The van der Waals surface area contributed by atoms with Crippen LogP contribution >= 0.6 is 0 Å². The van der Waals surface area contributed by atoms with E-state index in [1.165, 1.54) is 7.11 Å². The molecular formula is C19H30N2O4. The van der Waals surface area contributed by atoms with Crippen LogP contribution in [0.15, 0.2) is 18.2 Å². The van der Waals surface area contributed by atoms with Crippen LogP contribution in [0.1, 0.15) is 28.8 Å². The second-order valence-electron chi connectivity index (χ2n) is 6.45. The summed E-state index contributed by atoms with van der Waals surface area (Å²) in [4.78, 5) is 16.7. The van der Waals surface area contributed by atoms with Crippen molar-refractivity contribution in [2.24, 2.45) is 0 Å². The summed E-state index contributed by atoms with van der Waals surface area (Å²) in [5.74, 6) is 0.244. The van der Waals surface area contributed by atoms with Gasteiger partial charge in [-0.2, -0.15) is 0 Å². The van der Waals surface area contributed by atoms with E-state index in [-0.39, 0.29) is 5.97 Å². The van der Waals surface area contributed by atoms with Gasteiger partial charge >= 0.3 is 5.97 Å². The van der Waals surface area contributed by atoms with E-state index in [4.69, 9.17) is 14.2 Å². The molecule has 0 N–H and O–H groups in total. The summed E-state index contributed by atoms with van der Waals surface area (Å²) in [6.07, 6.45) is 1.82. The molecule has 1 fully saturated rings. The van der Waals surface area contributed by atoms with Crippen LogP contribution in [0.5, 0.6) is 5.75 Å². The maximum atomic E-state index is 12.0. The van der Waals surface area contributed by atoms with Gasteiger partial charge in [0.1, 0.15) is 11.3 Å². The van der Waals surface area contributed by atoms with Crippen LogP contribution in [0.25, 0.3) is 0 Å². The summed E-state index contributed by atoms with van der Waals surface area (Å²) in [5, 5.41) is 0. The smallest absolute Gasteiger partial charge is 0.341 e. The number of benzene rings is 1. The van der Waals surface area contributed by atoms with Gasteiger partial charge in [0.15, 0.2) is 0 Å². The number of esters is 1. The van der Waals surface area contributed by atoms with Crippen LogP contribution < -0.4 is 4.74 Å². The maximum Gasteiger partial charge on any atom is 0.341 e. The lowest BCUT2D eigenvalue weighted by Crippen LogP contribution is -2.43. The molecule has 0 aliphatic carbocycles. The Kier molecular flexibility index (Phi) is 8.18. The number of likely N-dealkylation sites (N-methyl/N-ethyl adjacent to an activating group) is 1. The van der Waals surface area contributed by atoms with E-state index in [2.05, 4.69) is 16.8 Å². The molecule has 1 aromatic rings. The van der Waals surface area contributed by atoms with Crippen molar-refractivity contribution in [3.05, 3.63) is 29.3 Å². The number of hydrogen-bond donors (Lipinski definition) is 0. The van der Waals surface area contributed by atoms with E-state index in [9.17, 15) is 4.79 Å². The fourth-order valence-electron chi connectivity index (χ4n) is 2.86. The van der Waals surface area contributed by atoms with Gasteiger partial charge in [0.2, 0.25) is 0 Å². The summed E-state index contributed by atoms with van der Waals surface area (Å²) < 4.78 is 15.8. The molecule has 1 heterocycles. The molecular weight excluding hydrogens is 320 g/mol. The minimum Gasteiger partial charge on any atom is -0.493 e. The predicted molar refractivity (Wildman–Crippen MR) is 97.2 cm³/mol. The Morgan fingerprint density at radius 2 is 1.80 bits per heavy atom. The largest absolute Gasteiger partial charge is 0.493 e. The van der Waals surface area contributed by atoms with Crippen LogP contribution in [-0.2, 0) is 16.0 Å². The average Bonchev–Trinajstić information content (AvgIpc) is 2.63. The Labute approximate surface area is 150 Å². The molecule has 0 radical (unpaired) electrons. The number of ether oxygens (including phenoxy) is 3. The fraction of sp³-hybridized carbons (Fsp3) is 0.632. The summed E-state index contributed by atoms with van der Waals surface area (Å²) in [6, 6.07) is 5.77. The quantitative estimate of drug-likeness (QED) is 0.502. The van der Waals surface area contributed by atoms with Crippen LogP contribution in [0.4, 0.5) is 0 Å². The first-order chi connectivity index (χ1) is 12.1.